The number of esters is 1. The van der Waals surface area contributed by atoms with Gasteiger partial charge in [0.15, 0.2) is 0 Å². The molecule has 0 radical (unpaired) electrons. The minimum absolute atomic E-state index is 0.00574. The molecule has 22 heavy (non-hydrogen) atoms. The SMILES string of the molecule is CC(C(=O)OC1CCCCC1)S(=O)Cc1ccc(C(=O)O)o1. The monoisotopic (exact) mass is 328 g/mol. The predicted octanol–water partition coefficient (Wildman–Crippen LogP) is 2.49. The van der Waals surface area contributed by atoms with Crippen LogP contribution in [0.15, 0.2) is 16.5 Å². The Kier molecular flexibility index (Phi) is 5.76. The third kappa shape index (κ3) is 4.43. The average Bonchev–Trinajstić information content (AvgIpc) is 2.96. The van der Waals surface area contributed by atoms with Gasteiger partial charge in [-0.15, -0.1) is 0 Å². The first-order valence-electron chi connectivity index (χ1n) is 7.37. The average molecular weight is 328 g/mol. The Balaban J connectivity index is 1.87. The molecule has 1 N–H and O–H groups in total. The molecule has 0 aliphatic heterocycles. The van der Waals surface area contributed by atoms with E-state index in [-0.39, 0.29) is 23.4 Å². The fourth-order valence-corrected chi connectivity index (χ4v) is 3.34. The third-order valence-electron chi connectivity index (χ3n) is 3.72. The zero-order valence-corrected chi connectivity index (χ0v) is 13.3. The van der Waals surface area contributed by atoms with E-state index in [1.807, 2.05) is 0 Å². The molecular weight excluding hydrogens is 308 g/mol. The van der Waals surface area contributed by atoms with Gasteiger partial charge in [0.05, 0.1) is 5.75 Å². The first-order valence-corrected chi connectivity index (χ1v) is 8.75. The standard InChI is InChI=1S/C15H20O6S/c1-10(15(18)21-11-5-3-2-4-6-11)22(19)9-12-7-8-13(20-12)14(16)17/h7-8,10-11H,2-6,9H2,1H3,(H,16,17). The zero-order chi connectivity index (χ0) is 16.1. The molecule has 7 heteroatoms. The summed E-state index contributed by atoms with van der Waals surface area (Å²) in [6.07, 6.45) is 4.94. The Hall–Kier alpha value is -1.63. The maximum absolute atomic E-state index is 12.2. The summed E-state index contributed by atoms with van der Waals surface area (Å²) in [7, 11) is -1.51. The Morgan fingerprint density at radius 1 is 1.36 bits per heavy atom. The molecule has 1 saturated carbocycles. The molecule has 0 bridgehead atoms. The molecule has 1 fully saturated rings. The summed E-state index contributed by atoms with van der Waals surface area (Å²) >= 11 is 0. The number of carboxylic acids is 1. The lowest BCUT2D eigenvalue weighted by molar-refractivity contribution is -0.149. The Labute approximate surface area is 131 Å². The highest BCUT2D eigenvalue weighted by Crippen LogP contribution is 2.21. The van der Waals surface area contributed by atoms with Crippen LogP contribution in [0.5, 0.6) is 0 Å². The van der Waals surface area contributed by atoms with E-state index < -0.39 is 28.0 Å². The highest BCUT2D eigenvalue weighted by molar-refractivity contribution is 7.85. The van der Waals surface area contributed by atoms with Gasteiger partial charge >= 0.3 is 11.9 Å². The highest BCUT2D eigenvalue weighted by atomic mass is 32.2. The maximum atomic E-state index is 12.2. The van der Waals surface area contributed by atoms with Crippen molar-refractivity contribution >= 4 is 22.7 Å². The highest BCUT2D eigenvalue weighted by Gasteiger charge is 2.26. The summed E-state index contributed by atoms with van der Waals surface area (Å²) < 4.78 is 22.6. The van der Waals surface area contributed by atoms with E-state index in [0.29, 0.717) is 0 Å². The summed E-state index contributed by atoms with van der Waals surface area (Å²) in [6, 6.07) is 2.76. The van der Waals surface area contributed by atoms with E-state index in [0.717, 1.165) is 25.7 Å². The van der Waals surface area contributed by atoms with Crippen LogP contribution in [0.2, 0.25) is 0 Å². The fourth-order valence-electron chi connectivity index (χ4n) is 2.39. The lowest BCUT2D eigenvalue weighted by Crippen LogP contribution is -2.30. The number of carboxylic acid groups (broad SMARTS) is 1. The van der Waals surface area contributed by atoms with Gasteiger partial charge < -0.3 is 14.3 Å². The van der Waals surface area contributed by atoms with Crippen molar-refractivity contribution in [2.24, 2.45) is 0 Å². The number of aromatic carboxylic acids is 1. The van der Waals surface area contributed by atoms with Crippen LogP contribution in [0, 0.1) is 0 Å². The molecule has 6 nitrogen and oxygen atoms in total. The van der Waals surface area contributed by atoms with Crippen molar-refractivity contribution in [3.05, 3.63) is 23.7 Å². The molecule has 0 amide bonds. The number of rotatable bonds is 6. The Morgan fingerprint density at radius 2 is 2.05 bits per heavy atom. The quantitative estimate of drug-likeness (QED) is 0.806. The lowest BCUT2D eigenvalue weighted by Gasteiger charge is -2.23. The Bertz CT molecular complexity index is 558. The summed E-state index contributed by atoms with van der Waals surface area (Å²) in [6.45, 7) is 1.56. The number of carbonyl (C=O) groups is 2. The minimum atomic E-state index is -1.51. The van der Waals surface area contributed by atoms with Gasteiger partial charge in [0.1, 0.15) is 17.1 Å². The number of ether oxygens (including phenoxy) is 1. The van der Waals surface area contributed by atoms with Crippen LogP contribution in [-0.2, 0) is 26.1 Å². The van der Waals surface area contributed by atoms with Crippen molar-refractivity contribution < 1.29 is 28.1 Å². The van der Waals surface area contributed by atoms with Gasteiger partial charge in [0.2, 0.25) is 5.76 Å². The molecule has 0 aromatic carbocycles. The van der Waals surface area contributed by atoms with Crippen molar-refractivity contribution in [1.82, 2.24) is 0 Å². The van der Waals surface area contributed by atoms with Crippen LogP contribution < -0.4 is 0 Å². The molecular formula is C15H20O6S. The second-order valence-electron chi connectivity index (χ2n) is 5.44. The topological polar surface area (TPSA) is 93.8 Å². The largest absolute Gasteiger partial charge is 0.475 e. The summed E-state index contributed by atoms with van der Waals surface area (Å²) in [4.78, 5) is 22.7. The molecule has 1 aliphatic rings. The summed E-state index contributed by atoms with van der Waals surface area (Å²) in [5, 5.41) is 8.00. The van der Waals surface area contributed by atoms with E-state index in [1.165, 1.54) is 18.6 Å². The molecule has 1 heterocycles. The molecule has 2 rings (SSSR count). The molecule has 1 aliphatic carbocycles. The number of carbonyl (C=O) groups excluding carboxylic acids is 1. The second-order valence-corrected chi connectivity index (χ2v) is 7.19. The van der Waals surface area contributed by atoms with E-state index >= 15 is 0 Å². The maximum Gasteiger partial charge on any atom is 0.371 e. The normalized spacial score (nSPS) is 18.6. The van der Waals surface area contributed by atoms with E-state index in [2.05, 4.69) is 0 Å². The first kappa shape index (κ1) is 16.7. The van der Waals surface area contributed by atoms with Crippen molar-refractivity contribution in [2.45, 2.75) is 56.1 Å². The molecule has 2 atom stereocenters. The van der Waals surface area contributed by atoms with Crippen molar-refractivity contribution in [2.75, 3.05) is 0 Å². The van der Waals surface area contributed by atoms with Crippen LogP contribution in [0.3, 0.4) is 0 Å². The fraction of sp³-hybridized carbons (Fsp3) is 0.600. The molecule has 122 valence electrons. The first-order chi connectivity index (χ1) is 10.5. The number of hydrogen-bond donors (Lipinski definition) is 1. The molecule has 1 aromatic rings. The molecule has 2 unspecified atom stereocenters. The number of hydrogen-bond acceptors (Lipinski definition) is 5. The number of furan rings is 1. The summed E-state index contributed by atoms with van der Waals surface area (Å²) in [5.74, 6) is -1.57. The van der Waals surface area contributed by atoms with Crippen LogP contribution >= 0.6 is 0 Å². The van der Waals surface area contributed by atoms with Gasteiger partial charge in [-0.05, 0) is 44.7 Å². The van der Waals surface area contributed by atoms with Crippen LogP contribution in [0.4, 0.5) is 0 Å². The van der Waals surface area contributed by atoms with Gasteiger partial charge in [-0.2, -0.15) is 0 Å². The van der Waals surface area contributed by atoms with Gasteiger partial charge in [0.25, 0.3) is 0 Å². The zero-order valence-electron chi connectivity index (χ0n) is 12.4. The van der Waals surface area contributed by atoms with Crippen molar-refractivity contribution in [1.29, 1.82) is 0 Å². The molecule has 0 spiro atoms. The van der Waals surface area contributed by atoms with E-state index in [4.69, 9.17) is 14.3 Å². The minimum Gasteiger partial charge on any atom is -0.475 e. The molecule has 1 aromatic heterocycles. The predicted molar refractivity (Wildman–Crippen MR) is 79.9 cm³/mol. The van der Waals surface area contributed by atoms with Crippen LogP contribution in [0.25, 0.3) is 0 Å². The Morgan fingerprint density at radius 3 is 2.64 bits per heavy atom. The van der Waals surface area contributed by atoms with Crippen LogP contribution in [0.1, 0.15) is 55.3 Å². The van der Waals surface area contributed by atoms with Gasteiger partial charge in [0, 0.05) is 10.8 Å². The molecule has 0 saturated heterocycles. The van der Waals surface area contributed by atoms with E-state index in [9.17, 15) is 13.8 Å². The second kappa shape index (κ2) is 7.58. The smallest absolute Gasteiger partial charge is 0.371 e. The van der Waals surface area contributed by atoms with Crippen molar-refractivity contribution in [3.63, 3.8) is 0 Å². The van der Waals surface area contributed by atoms with Crippen LogP contribution in [-0.4, -0.2) is 32.6 Å². The lowest BCUT2D eigenvalue weighted by atomic mass is 9.98. The van der Waals surface area contributed by atoms with Gasteiger partial charge in [-0.25, -0.2) is 4.79 Å². The van der Waals surface area contributed by atoms with E-state index in [1.54, 1.807) is 6.92 Å². The van der Waals surface area contributed by atoms with Crippen molar-refractivity contribution in [3.8, 4) is 0 Å². The third-order valence-corrected chi connectivity index (χ3v) is 5.27. The van der Waals surface area contributed by atoms with Gasteiger partial charge in [-0.1, -0.05) is 6.42 Å². The summed E-state index contributed by atoms with van der Waals surface area (Å²) in [5.41, 5.74) is 0. The van der Waals surface area contributed by atoms with Gasteiger partial charge in [-0.3, -0.25) is 9.00 Å².